The van der Waals surface area contributed by atoms with E-state index < -0.39 is 24.4 Å². The normalized spacial score (nSPS) is 10.1. The second-order valence-electron chi connectivity index (χ2n) is 4.35. The van der Waals surface area contributed by atoms with Crippen molar-refractivity contribution in [2.24, 2.45) is 5.73 Å². The highest BCUT2D eigenvalue weighted by molar-refractivity contribution is 7.98. The van der Waals surface area contributed by atoms with Crippen molar-refractivity contribution in [3.8, 4) is 0 Å². The molecule has 1 heterocycles. The fourth-order valence-electron chi connectivity index (χ4n) is 1.78. The Kier molecular flexibility index (Phi) is 5.78. The number of thiophene rings is 1. The van der Waals surface area contributed by atoms with Gasteiger partial charge < -0.3 is 15.8 Å². The van der Waals surface area contributed by atoms with E-state index in [4.69, 9.17) is 10.5 Å². The average molecular weight is 350 g/mol. The summed E-state index contributed by atoms with van der Waals surface area (Å²) >= 11 is 2.58. The fourth-order valence-corrected chi connectivity index (χ4v) is 3.18. The first kappa shape index (κ1) is 17.0. The first-order valence-corrected chi connectivity index (χ1v) is 8.60. The maximum atomic E-state index is 12.0. The molecule has 2 rings (SSSR count). The molecule has 120 valence electrons. The summed E-state index contributed by atoms with van der Waals surface area (Å²) in [7, 11) is 0. The second-order valence-corrected chi connectivity index (χ2v) is 6.12. The Morgan fingerprint density at radius 2 is 1.96 bits per heavy atom. The predicted molar refractivity (Wildman–Crippen MR) is 90.0 cm³/mol. The predicted octanol–water partition coefficient (Wildman–Crippen LogP) is 2.36. The summed E-state index contributed by atoms with van der Waals surface area (Å²) in [4.78, 5) is 35.8. The van der Waals surface area contributed by atoms with Gasteiger partial charge >= 0.3 is 5.97 Å². The van der Waals surface area contributed by atoms with E-state index in [0.29, 0.717) is 10.6 Å². The number of ether oxygens (including phenoxy) is 1. The number of thioether (sulfide) groups is 1. The maximum absolute atomic E-state index is 12.0. The molecule has 0 aliphatic heterocycles. The number of hydrogen-bond acceptors (Lipinski definition) is 6. The summed E-state index contributed by atoms with van der Waals surface area (Å²) in [6.07, 6.45) is 1.85. The van der Waals surface area contributed by atoms with E-state index in [0.717, 1.165) is 4.90 Å². The number of carbonyl (C=O) groups excluding carboxylic acids is 3. The van der Waals surface area contributed by atoms with Gasteiger partial charge in [-0.2, -0.15) is 0 Å². The van der Waals surface area contributed by atoms with Crippen molar-refractivity contribution in [2.45, 2.75) is 4.90 Å². The number of nitrogens with two attached hydrogens (primary N) is 1. The third-order valence-electron chi connectivity index (χ3n) is 2.84. The minimum absolute atomic E-state index is 0.224. The molecule has 0 unspecified atom stereocenters. The van der Waals surface area contributed by atoms with Gasteiger partial charge in [0, 0.05) is 4.90 Å². The minimum Gasteiger partial charge on any atom is -0.452 e. The van der Waals surface area contributed by atoms with Crippen LogP contribution in [0.3, 0.4) is 0 Å². The van der Waals surface area contributed by atoms with Gasteiger partial charge in [-0.25, -0.2) is 4.79 Å². The molecule has 0 saturated carbocycles. The van der Waals surface area contributed by atoms with Gasteiger partial charge in [0.1, 0.15) is 5.00 Å². The van der Waals surface area contributed by atoms with Crippen LogP contribution in [0, 0.1) is 0 Å². The van der Waals surface area contributed by atoms with E-state index in [1.807, 2.05) is 12.3 Å². The van der Waals surface area contributed by atoms with E-state index in [1.54, 1.807) is 23.6 Å². The molecule has 1 aromatic heterocycles. The zero-order valence-electron chi connectivity index (χ0n) is 12.2. The van der Waals surface area contributed by atoms with E-state index in [-0.39, 0.29) is 5.56 Å². The number of primary amides is 1. The van der Waals surface area contributed by atoms with Gasteiger partial charge in [0.2, 0.25) is 0 Å². The van der Waals surface area contributed by atoms with Gasteiger partial charge in [0.15, 0.2) is 6.61 Å². The number of hydrogen-bond donors (Lipinski definition) is 2. The van der Waals surface area contributed by atoms with Crippen LogP contribution in [-0.4, -0.2) is 30.6 Å². The van der Waals surface area contributed by atoms with E-state index in [2.05, 4.69) is 5.32 Å². The molecule has 2 aromatic rings. The van der Waals surface area contributed by atoms with Crippen molar-refractivity contribution in [1.29, 1.82) is 0 Å². The number of amides is 2. The average Bonchev–Trinajstić information content (AvgIpc) is 3.00. The molecule has 8 heteroatoms. The van der Waals surface area contributed by atoms with Crippen LogP contribution in [-0.2, 0) is 9.53 Å². The van der Waals surface area contributed by atoms with Crippen LogP contribution in [0.25, 0.3) is 0 Å². The number of esters is 1. The van der Waals surface area contributed by atoms with E-state index >= 15 is 0 Å². The van der Waals surface area contributed by atoms with Crippen molar-refractivity contribution in [1.82, 2.24) is 0 Å². The first-order chi connectivity index (χ1) is 11.0. The third kappa shape index (κ3) is 4.33. The van der Waals surface area contributed by atoms with Gasteiger partial charge in [-0.15, -0.1) is 23.1 Å². The fraction of sp³-hybridized carbons (Fsp3) is 0.133. The molecule has 2 amide bonds. The lowest BCUT2D eigenvalue weighted by molar-refractivity contribution is -0.119. The van der Waals surface area contributed by atoms with Crippen molar-refractivity contribution in [3.05, 3.63) is 46.8 Å². The summed E-state index contributed by atoms with van der Waals surface area (Å²) in [6, 6.07) is 8.49. The van der Waals surface area contributed by atoms with Gasteiger partial charge in [0.25, 0.3) is 11.8 Å². The number of benzene rings is 1. The number of rotatable bonds is 6. The highest BCUT2D eigenvalue weighted by Gasteiger charge is 2.16. The summed E-state index contributed by atoms with van der Waals surface area (Å²) in [5.74, 6) is -1.75. The number of anilines is 1. The van der Waals surface area contributed by atoms with Crippen LogP contribution in [0.15, 0.2) is 40.6 Å². The lowest BCUT2D eigenvalue weighted by Crippen LogP contribution is -2.22. The van der Waals surface area contributed by atoms with Crippen LogP contribution in [0.1, 0.15) is 20.7 Å². The van der Waals surface area contributed by atoms with E-state index in [9.17, 15) is 14.4 Å². The molecular weight excluding hydrogens is 336 g/mol. The van der Waals surface area contributed by atoms with Crippen molar-refractivity contribution >= 4 is 45.9 Å². The Balaban J connectivity index is 1.95. The smallest absolute Gasteiger partial charge is 0.339 e. The van der Waals surface area contributed by atoms with Crippen LogP contribution in [0.5, 0.6) is 0 Å². The summed E-state index contributed by atoms with van der Waals surface area (Å²) < 4.78 is 5.01. The highest BCUT2D eigenvalue weighted by Crippen LogP contribution is 2.23. The molecule has 0 atom stereocenters. The number of nitrogens with one attached hydrogen (secondary N) is 1. The van der Waals surface area contributed by atoms with Gasteiger partial charge in [-0.1, -0.05) is 12.1 Å². The molecular formula is C15H14N2O4S2. The summed E-state index contributed by atoms with van der Waals surface area (Å²) in [5.41, 5.74) is 5.82. The zero-order valence-corrected chi connectivity index (χ0v) is 13.8. The SMILES string of the molecule is CSc1ccccc1C(=O)OCC(=O)Nc1sccc1C(N)=O. The Morgan fingerprint density at radius 1 is 1.22 bits per heavy atom. The van der Waals surface area contributed by atoms with E-state index in [1.165, 1.54) is 29.2 Å². The molecule has 0 radical (unpaired) electrons. The highest BCUT2D eigenvalue weighted by atomic mass is 32.2. The monoisotopic (exact) mass is 350 g/mol. The zero-order chi connectivity index (χ0) is 16.8. The third-order valence-corrected chi connectivity index (χ3v) is 4.47. The summed E-state index contributed by atoms with van der Waals surface area (Å²) in [6.45, 7) is -0.447. The van der Waals surface area contributed by atoms with Crippen molar-refractivity contribution in [2.75, 3.05) is 18.2 Å². The van der Waals surface area contributed by atoms with Crippen LogP contribution < -0.4 is 11.1 Å². The Hall–Kier alpha value is -2.32. The molecule has 0 fully saturated rings. The molecule has 23 heavy (non-hydrogen) atoms. The lowest BCUT2D eigenvalue weighted by atomic mass is 10.2. The molecule has 3 N–H and O–H groups in total. The molecule has 0 bridgehead atoms. The van der Waals surface area contributed by atoms with Crippen molar-refractivity contribution in [3.63, 3.8) is 0 Å². The van der Waals surface area contributed by atoms with Crippen molar-refractivity contribution < 1.29 is 19.1 Å². The molecule has 0 saturated heterocycles. The lowest BCUT2D eigenvalue weighted by Gasteiger charge is -2.08. The standard InChI is InChI=1S/C15H14N2O4S2/c1-22-11-5-3-2-4-9(11)15(20)21-8-12(18)17-14-10(13(16)19)6-7-23-14/h2-7H,8H2,1H3,(H2,16,19)(H,17,18). The van der Waals surface area contributed by atoms with Gasteiger partial charge in [-0.3, -0.25) is 9.59 Å². The maximum Gasteiger partial charge on any atom is 0.339 e. The van der Waals surface area contributed by atoms with Gasteiger partial charge in [-0.05, 0) is 29.8 Å². The first-order valence-electron chi connectivity index (χ1n) is 6.50. The summed E-state index contributed by atoms with van der Waals surface area (Å²) in [5, 5.41) is 4.48. The topological polar surface area (TPSA) is 98.5 Å². The molecule has 0 aliphatic rings. The minimum atomic E-state index is -0.632. The molecule has 0 spiro atoms. The second kappa shape index (κ2) is 7.80. The van der Waals surface area contributed by atoms with Gasteiger partial charge in [0.05, 0.1) is 11.1 Å². The van der Waals surface area contributed by atoms with Crippen LogP contribution >= 0.6 is 23.1 Å². The number of carbonyl (C=O) groups is 3. The Labute approximate surface area is 141 Å². The molecule has 0 aliphatic carbocycles. The molecule has 6 nitrogen and oxygen atoms in total. The Bertz CT molecular complexity index is 743. The molecule has 1 aromatic carbocycles. The quantitative estimate of drug-likeness (QED) is 0.615. The largest absolute Gasteiger partial charge is 0.452 e. The van der Waals surface area contributed by atoms with Crippen LogP contribution in [0.4, 0.5) is 5.00 Å². The van der Waals surface area contributed by atoms with Crippen LogP contribution in [0.2, 0.25) is 0 Å². The Morgan fingerprint density at radius 3 is 2.65 bits per heavy atom.